The van der Waals surface area contributed by atoms with Crippen LogP contribution in [0.2, 0.25) is 0 Å². The molecule has 3 aliphatic heterocycles. The molecule has 2 saturated carbocycles. The summed E-state index contributed by atoms with van der Waals surface area (Å²) in [7, 11) is -3.90. The Hall–Kier alpha value is -4.77. The van der Waals surface area contributed by atoms with Gasteiger partial charge in [-0.3, -0.25) is 28.8 Å². The van der Waals surface area contributed by atoms with E-state index in [0.29, 0.717) is 67.9 Å². The van der Waals surface area contributed by atoms with Gasteiger partial charge in [0.25, 0.3) is 11.8 Å². The normalized spacial score (nSPS) is 25.0. The predicted octanol–water partition coefficient (Wildman–Crippen LogP) is 3.14. The third-order valence-electron chi connectivity index (χ3n) is 11.7. The lowest BCUT2D eigenvalue weighted by Gasteiger charge is -2.36. The van der Waals surface area contributed by atoms with Gasteiger partial charge in [0.15, 0.2) is 0 Å². The zero-order valence-corrected chi connectivity index (χ0v) is 33.5. The first kappa shape index (κ1) is 40.4. The van der Waals surface area contributed by atoms with Crippen LogP contribution >= 0.6 is 0 Å². The molecule has 0 bridgehead atoms. The number of benzene rings is 2. The maximum absolute atomic E-state index is 14.7. The number of amides is 5. The van der Waals surface area contributed by atoms with E-state index in [-0.39, 0.29) is 44.3 Å². The largest absolute Gasteiger partial charge is 0.444 e. The van der Waals surface area contributed by atoms with Gasteiger partial charge in [-0.2, -0.15) is 0 Å². The number of carbonyl (C=O) groups excluding carboxylic acids is 5. The van der Waals surface area contributed by atoms with Crippen LogP contribution in [0, 0.1) is 17.2 Å². The monoisotopic (exact) mass is 810 g/mol. The molecular formula is C40H51FN6O9S. The summed E-state index contributed by atoms with van der Waals surface area (Å²) >= 11 is 0. The fourth-order valence-electron chi connectivity index (χ4n) is 8.04. The zero-order chi connectivity index (χ0) is 40.9. The van der Waals surface area contributed by atoms with Crippen LogP contribution in [-0.4, -0.2) is 115 Å². The van der Waals surface area contributed by atoms with Gasteiger partial charge in [0.05, 0.1) is 31.6 Å². The van der Waals surface area contributed by atoms with Crippen LogP contribution in [0.3, 0.4) is 0 Å². The molecule has 3 heterocycles. The van der Waals surface area contributed by atoms with Crippen molar-refractivity contribution in [2.24, 2.45) is 11.3 Å². The highest BCUT2D eigenvalue weighted by Gasteiger charge is 2.62. The lowest BCUT2D eigenvalue weighted by atomic mass is 9.85. The van der Waals surface area contributed by atoms with Crippen LogP contribution < -0.4 is 15.4 Å². The summed E-state index contributed by atoms with van der Waals surface area (Å²) in [6.07, 6.45) is -0.122. The molecule has 0 aromatic heterocycles. The van der Waals surface area contributed by atoms with Gasteiger partial charge in [-0.05, 0) is 66.5 Å². The molecule has 17 heteroatoms. The van der Waals surface area contributed by atoms with Gasteiger partial charge in [-0.15, -0.1) is 0 Å². The minimum atomic E-state index is -3.90. The highest BCUT2D eigenvalue weighted by atomic mass is 32.2. The Labute approximate surface area is 332 Å². The smallest absolute Gasteiger partial charge is 0.410 e. The van der Waals surface area contributed by atoms with Gasteiger partial charge < -0.3 is 29.9 Å². The van der Waals surface area contributed by atoms with Crippen molar-refractivity contribution in [2.45, 2.75) is 102 Å². The Morgan fingerprint density at radius 1 is 1.00 bits per heavy atom. The molecule has 0 spiro atoms. The van der Waals surface area contributed by atoms with E-state index in [0.717, 1.165) is 0 Å². The van der Waals surface area contributed by atoms with Crippen molar-refractivity contribution in [1.82, 2.24) is 24.7 Å². The van der Waals surface area contributed by atoms with Crippen LogP contribution in [0.25, 0.3) is 0 Å². The third-order valence-corrected chi connectivity index (χ3v) is 13.5. The number of hydrogen-bond acceptors (Lipinski definition) is 10. The number of fused-ring (bicyclic) bond motifs is 1. The summed E-state index contributed by atoms with van der Waals surface area (Å²) in [6.45, 7) is 9.36. The fraction of sp³-hybridized carbons (Fsp3) is 0.575. The van der Waals surface area contributed by atoms with Crippen molar-refractivity contribution in [3.63, 3.8) is 0 Å². The standard InChI is InChI=1S/C40H51FN6O9S/c1-5-26-20-40(26,37(51)44-57(53,54)29-13-14-29)43-34(48)32-19-28(56-38(52)46-21-25-7-6-8-31(41)30(25)23-46)22-47(32)36(50)33(39(2,3)4)42-27-11-9-24(10-12-27)35(49)45-15-17-55-18-16-45/h6-12,26,28-29,32-33,42H,5,13-23H2,1-4H3,(H,43,48)(H,44,51)/t26-,28-,32?,33-,40-/m1/s1. The highest BCUT2D eigenvalue weighted by molar-refractivity contribution is 7.91. The number of likely N-dealkylation sites (tertiary alicyclic amines) is 1. The second-order valence-corrected chi connectivity index (χ2v) is 18.8. The second kappa shape index (κ2) is 15.5. The molecule has 308 valence electrons. The van der Waals surface area contributed by atoms with Crippen LogP contribution in [0.5, 0.6) is 0 Å². The molecule has 57 heavy (non-hydrogen) atoms. The quantitative estimate of drug-likeness (QED) is 0.305. The molecule has 5 aliphatic rings. The first-order chi connectivity index (χ1) is 27.0. The Bertz CT molecular complexity index is 2030. The van der Waals surface area contributed by atoms with E-state index in [1.807, 2.05) is 27.7 Å². The molecule has 2 aliphatic carbocycles. The van der Waals surface area contributed by atoms with Crippen molar-refractivity contribution < 1.29 is 46.3 Å². The van der Waals surface area contributed by atoms with Crippen molar-refractivity contribution >= 4 is 45.4 Å². The first-order valence-corrected chi connectivity index (χ1v) is 21.2. The second-order valence-electron chi connectivity index (χ2n) is 16.9. The topological polar surface area (TPSA) is 184 Å². The van der Waals surface area contributed by atoms with Gasteiger partial charge >= 0.3 is 6.09 Å². The number of rotatable bonds is 11. The SMILES string of the molecule is CC[C@@H]1C[C@]1(NC(=O)C1C[C@@H](OC(=O)N2Cc3cccc(F)c3C2)CN1C(=O)[C@@H](Nc1ccc(C(=O)N2CCOCC2)cc1)C(C)(C)C)C(=O)NS(=O)(=O)C1CC1. The average Bonchev–Trinajstić information content (AvgIpc) is 4.07. The molecule has 5 atom stereocenters. The summed E-state index contributed by atoms with van der Waals surface area (Å²) in [6, 6.07) is 9.33. The number of anilines is 1. The summed E-state index contributed by atoms with van der Waals surface area (Å²) in [5, 5.41) is 5.49. The van der Waals surface area contributed by atoms with E-state index in [9.17, 15) is 36.8 Å². The molecule has 2 aromatic rings. The van der Waals surface area contributed by atoms with Gasteiger partial charge in [-0.1, -0.05) is 46.2 Å². The maximum atomic E-state index is 14.7. The van der Waals surface area contributed by atoms with Crippen LogP contribution in [-0.2, 0) is 47.0 Å². The van der Waals surface area contributed by atoms with E-state index < -0.39 is 74.0 Å². The molecule has 4 fully saturated rings. The van der Waals surface area contributed by atoms with Crippen molar-refractivity contribution in [3.8, 4) is 0 Å². The van der Waals surface area contributed by atoms with Crippen molar-refractivity contribution in [1.29, 1.82) is 0 Å². The van der Waals surface area contributed by atoms with Crippen LogP contribution in [0.4, 0.5) is 14.9 Å². The molecule has 5 amide bonds. The fourth-order valence-corrected chi connectivity index (χ4v) is 9.40. The molecule has 1 unspecified atom stereocenters. The van der Waals surface area contributed by atoms with E-state index in [1.165, 1.54) is 15.9 Å². The van der Waals surface area contributed by atoms with Gasteiger partial charge in [0.1, 0.15) is 29.5 Å². The van der Waals surface area contributed by atoms with Gasteiger partial charge in [-0.25, -0.2) is 17.6 Å². The molecule has 2 aromatic carbocycles. The summed E-state index contributed by atoms with van der Waals surface area (Å²) in [5.74, 6) is -2.83. The highest BCUT2D eigenvalue weighted by Crippen LogP contribution is 2.47. The number of carbonyl (C=O) groups is 5. The number of hydrogen-bond donors (Lipinski definition) is 3. The minimum Gasteiger partial charge on any atom is -0.444 e. The van der Waals surface area contributed by atoms with Crippen LogP contribution in [0.15, 0.2) is 42.5 Å². The zero-order valence-electron chi connectivity index (χ0n) is 32.7. The summed E-state index contributed by atoms with van der Waals surface area (Å²) in [5.41, 5.74) is -0.101. The number of nitrogens with zero attached hydrogens (tertiary/aromatic N) is 3. The summed E-state index contributed by atoms with van der Waals surface area (Å²) in [4.78, 5) is 73.6. The minimum absolute atomic E-state index is 0.00672. The van der Waals surface area contributed by atoms with Gasteiger partial charge in [0, 0.05) is 42.9 Å². The van der Waals surface area contributed by atoms with Crippen molar-refractivity contribution in [3.05, 3.63) is 65.0 Å². The average molecular weight is 811 g/mol. The lowest BCUT2D eigenvalue weighted by Crippen LogP contribution is -2.58. The third kappa shape index (κ3) is 8.45. The molecule has 0 radical (unpaired) electrons. The Morgan fingerprint density at radius 3 is 2.32 bits per heavy atom. The molecule has 3 N–H and O–H groups in total. The molecule has 7 rings (SSSR count). The predicted molar refractivity (Wildman–Crippen MR) is 205 cm³/mol. The number of halogens is 1. The number of ether oxygens (including phenoxy) is 2. The molecule has 15 nitrogen and oxygen atoms in total. The van der Waals surface area contributed by atoms with Gasteiger partial charge in [0.2, 0.25) is 21.8 Å². The van der Waals surface area contributed by atoms with E-state index in [1.54, 1.807) is 41.3 Å². The Morgan fingerprint density at radius 2 is 1.70 bits per heavy atom. The molecule has 2 saturated heterocycles. The number of nitrogens with one attached hydrogen (secondary N) is 3. The van der Waals surface area contributed by atoms with E-state index >= 15 is 0 Å². The maximum Gasteiger partial charge on any atom is 0.410 e. The Balaban J connectivity index is 1.11. The number of sulfonamides is 1. The van der Waals surface area contributed by atoms with Crippen molar-refractivity contribution in [2.75, 3.05) is 38.2 Å². The Kier molecular flexibility index (Phi) is 11.0. The first-order valence-electron chi connectivity index (χ1n) is 19.6. The van der Waals surface area contributed by atoms with E-state index in [2.05, 4.69) is 15.4 Å². The number of morpholine rings is 1. The summed E-state index contributed by atoms with van der Waals surface area (Å²) < 4.78 is 53.4. The lowest BCUT2D eigenvalue weighted by molar-refractivity contribution is -0.141. The molecular weight excluding hydrogens is 760 g/mol. The van der Waals surface area contributed by atoms with E-state index in [4.69, 9.17) is 9.47 Å². The van der Waals surface area contributed by atoms with Crippen LogP contribution in [0.1, 0.15) is 81.3 Å².